The van der Waals surface area contributed by atoms with E-state index in [4.69, 9.17) is 14.2 Å². The van der Waals surface area contributed by atoms with Gasteiger partial charge in [-0.2, -0.15) is 5.10 Å². The molecule has 1 saturated heterocycles. The van der Waals surface area contributed by atoms with Crippen molar-refractivity contribution in [3.8, 4) is 17.1 Å². The summed E-state index contributed by atoms with van der Waals surface area (Å²) in [7, 11) is 0. The van der Waals surface area contributed by atoms with Crippen molar-refractivity contribution in [2.45, 2.75) is 58.1 Å². The van der Waals surface area contributed by atoms with Crippen LogP contribution in [0.2, 0.25) is 0 Å². The summed E-state index contributed by atoms with van der Waals surface area (Å²) in [5, 5.41) is 4.43. The molecule has 0 amide bonds. The topological polar surface area (TPSA) is 75.5 Å². The molecule has 0 radical (unpaired) electrons. The first-order valence-corrected chi connectivity index (χ1v) is 10.2. The zero-order valence-corrected chi connectivity index (χ0v) is 16.5. The number of aromatic nitrogens is 3. The number of carbonyl (C=O) groups is 1. The van der Waals surface area contributed by atoms with E-state index in [0.29, 0.717) is 19.6 Å². The van der Waals surface area contributed by atoms with E-state index < -0.39 is 0 Å². The Kier molecular flexibility index (Phi) is 7.84. The summed E-state index contributed by atoms with van der Waals surface area (Å²) < 4.78 is 18.4. The molecule has 0 spiro atoms. The normalized spacial score (nSPS) is 16.7. The number of hydrogen-bond donors (Lipinski definition) is 0. The van der Waals surface area contributed by atoms with E-state index in [1.807, 2.05) is 29.8 Å². The van der Waals surface area contributed by atoms with Gasteiger partial charge in [0.25, 0.3) is 0 Å². The lowest BCUT2D eigenvalue weighted by Crippen LogP contribution is -2.20. The summed E-state index contributed by atoms with van der Waals surface area (Å²) in [6, 6.07) is 5.84. The van der Waals surface area contributed by atoms with Crippen molar-refractivity contribution in [2.24, 2.45) is 0 Å². The van der Waals surface area contributed by atoms with Crippen molar-refractivity contribution in [3.05, 3.63) is 30.6 Å². The number of hydrogen-bond acceptors (Lipinski definition) is 6. The van der Waals surface area contributed by atoms with Crippen molar-refractivity contribution in [1.29, 1.82) is 0 Å². The van der Waals surface area contributed by atoms with Crippen molar-refractivity contribution < 1.29 is 19.0 Å². The quantitative estimate of drug-likeness (QED) is 0.450. The Morgan fingerprint density at radius 2 is 2.18 bits per heavy atom. The van der Waals surface area contributed by atoms with Gasteiger partial charge >= 0.3 is 5.97 Å². The lowest BCUT2D eigenvalue weighted by atomic mass is 10.2. The van der Waals surface area contributed by atoms with Crippen molar-refractivity contribution >= 4 is 5.97 Å². The molecule has 0 N–H and O–H groups in total. The van der Waals surface area contributed by atoms with Crippen LogP contribution >= 0.6 is 0 Å². The molecule has 1 aliphatic heterocycles. The number of ether oxygens (including phenoxy) is 3. The van der Waals surface area contributed by atoms with Crippen LogP contribution in [0.25, 0.3) is 11.4 Å². The Morgan fingerprint density at radius 1 is 1.25 bits per heavy atom. The number of nitrogens with zero attached hydrogens (tertiary/aromatic N) is 3. The first-order chi connectivity index (χ1) is 13.8. The van der Waals surface area contributed by atoms with Crippen LogP contribution in [0.15, 0.2) is 30.6 Å². The maximum Gasteiger partial charge on any atom is 0.305 e. The highest BCUT2D eigenvalue weighted by Crippen LogP contribution is 2.27. The van der Waals surface area contributed by atoms with Crippen LogP contribution < -0.4 is 4.74 Å². The molecule has 2 aromatic rings. The van der Waals surface area contributed by atoms with Crippen LogP contribution in [0.5, 0.6) is 5.75 Å². The maximum atomic E-state index is 11.3. The van der Waals surface area contributed by atoms with Gasteiger partial charge in [0, 0.05) is 19.2 Å². The highest BCUT2D eigenvalue weighted by Gasteiger charge is 2.19. The average Bonchev–Trinajstić information content (AvgIpc) is 3.22. The van der Waals surface area contributed by atoms with Gasteiger partial charge in [-0.25, -0.2) is 4.68 Å². The fourth-order valence-electron chi connectivity index (χ4n) is 3.25. The van der Waals surface area contributed by atoms with Gasteiger partial charge in [-0.3, -0.25) is 9.78 Å². The second-order valence-corrected chi connectivity index (χ2v) is 6.83. The van der Waals surface area contributed by atoms with Crippen LogP contribution in [0.4, 0.5) is 0 Å². The van der Waals surface area contributed by atoms with Crippen LogP contribution in [-0.2, 0) is 14.3 Å². The van der Waals surface area contributed by atoms with Gasteiger partial charge in [0.2, 0.25) is 0 Å². The Morgan fingerprint density at radius 3 is 2.93 bits per heavy atom. The van der Waals surface area contributed by atoms with Crippen molar-refractivity contribution in [1.82, 2.24) is 14.8 Å². The monoisotopic (exact) mass is 387 g/mol. The number of pyridine rings is 1. The molecule has 1 atom stereocenters. The van der Waals surface area contributed by atoms with E-state index in [2.05, 4.69) is 10.1 Å². The minimum Gasteiger partial charge on any atom is -0.492 e. The predicted molar refractivity (Wildman–Crippen MR) is 105 cm³/mol. The van der Waals surface area contributed by atoms with Crippen LogP contribution in [0.3, 0.4) is 0 Å². The zero-order chi connectivity index (χ0) is 19.6. The number of carbonyl (C=O) groups excluding carboxylic acids is 1. The molecule has 3 rings (SSSR count). The summed E-state index contributed by atoms with van der Waals surface area (Å²) in [4.78, 5) is 15.8. The molecule has 1 fully saturated rings. The van der Waals surface area contributed by atoms with Gasteiger partial charge in [-0.15, -0.1) is 0 Å². The second-order valence-electron chi connectivity index (χ2n) is 6.83. The summed E-state index contributed by atoms with van der Waals surface area (Å²) in [5.41, 5.74) is 1.81. The number of rotatable bonds is 10. The van der Waals surface area contributed by atoms with E-state index in [-0.39, 0.29) is 12.2 Å². The maximum absolute atomic E-state index is 11.3. The van der Waals surface area contributed by atoms with E-state index in [1.54, 1.807) is 12.4 Å². The Balaban J connectivity index is 1.44. The largest absolute Gasteiger partial charge is 0.492 e. The highest BCUT2D eigenvalue weighted by atomic mass is 16.5. The molecular formula is C21H29N3O4. The molecular weight excluding hydrogens is 358 g/mol. The SMILES string of the molecule is CCOC(=O)CCCCCOc1ccc(-c2ccnn2C2CCCCO2)nc1. The number of unbranched alkanes of at least 4 members (excludes halogenated alkanes) is 2. The first-order valence-electron chi connectivity index (χ1n) is 10.2. The summed E-state index contributed by atoms with van der Waals surface area (Å²) in [6.45, 7) is 3.66. The third kappa shape index (κ3) is 5.79. The molecule has 0 saturated carbocycles. The standard InChI is InChI=1S/C21H29N3O4/c1-2-26-21(25)9-4-3-6-14-27-17-10-11-18(22-16-17)19-12-13-23-24(19)20-8-5-7-15-28-20/h10-13,16,20H,2-9,14-15H2,1H3. The first kappa shape index (κ1) is 20.3. The molecule has 28 heavy (non-hydrogen) atoms. The Hall–Kier alpha value is -2.41. The lowest BCUT2D eigenvalue weighted by molar-refractivity contribution is -0.143. The molecule has 0 bridgehead atoms. The minimum atomic E-state index is -0.124. The fraction of sp³-hybridized carbons (Fsp3) is 0.571. The van der Waals surface area contributed by atoms with E-state index >= 15 is 0 Å². The molecule has 1 aliphatic rings. The van der Waals surface area contributed by atoms with Gasteiger partial charge in [0.05, 0.1) is 30.8 Å². The molecule has 7 heteroatoms. The number of esters is 1. The van der Waals surface area contributed by atoms with E-state index in [0.717, 1.165) is 62.3 Å². The zero-order valence-electron chi connectivity index (χ0n) is 16.5. The Labute approximate surface area is 166 Å². The predicted octanol–water partition coefficient (Wildman–Crippen LogP) is 4.15. The average molecular weight is 387 g/mol. The van der Waals surface area contributed by atoms with Gasteiger partial charge in [0.15, 0.2) is 6.23 Å². The third-order valence-corrected chi connectivity index (χ3v) is 4.70. The summed E-state index contributed by atoms with van der Waals surface area (Å²) in [6.07, 6.45) is 9.90. The fourth-order valence-corrected chi connectivity index (χ4v) is 3.25. The van der Waals surface area contributed by atoms with Gasteiger partial charge in [-0.05, 0) is 63.6 Å². The minimum absolute atomic E-state index is 0.00826. The van der Waals surface area contributed by atoms with Gasteiger partial charge < -0.3 is 14.2 Å². The summed E-state index contributed by atoms with van der Waals surface area (Å²) in [5.74, 6) is 0.621. The van der Waals surface area contributed by atoms with E-state index in [1.165, 1.54) is 0 Å². The highest BCUT2D eigenvalue weighted by molar-refractivity contribution is 5.69. The molecule has 7 nitrogen and oxygen atoms in total. The molecule has 2 aromatic heterocycles. The molecule has 1 unspecified atom stereocenters. The van der Waals surface area contributed by atoms with Crippen molar-refractivity contribution in [2.75, 3.05) is 19.8 Å². The van der Waals surface area contributed by atoms with Crippen molar-refractivity contribution in [3.63, 3.8) is 0 Å². The lowest BCUT2D eigenvalue weighted by Gasteiger charge is -2.24. The molecule has 3 heterocycles. The van der Waals surface area contributed by atoms with Crippen LogP contribution in [0.1, 0.15) is 58.1 Å². The second kappa shape index (κ2) is 10.8. The summed E-state index contributed by atoms with van der Waals surface area (Å²) >= 11 is 0. The molecule has 152 valence electrons. The third-order valence-electron chi connectivity index (χ3n) is 4.70. The van der Waals surface area contributed by atoms with Crippen LogP contribution in [0, 0.1) is 0 Å². The van der Waals surface area contributed by atoms with E-state index in [9.17, 15) is 4.79 Å². The van der Waals surface area contributed by atoms with Crippen LogP contribution in [-0.4, -0.2) is 40.6 Å². The molecule has 0 aliphatic carbocycles. The Bertz CT molecular complexity index is 724. The molecule has 0 aromatic carbocycles. The van der Waals surface area contributed by atoms with Gasteiger partial charge in [-0.1, -0.05) is 0 Å². The smallest absolute Gasteiger partial charge is 0.305 e. The van der Waals surface area contributed by atoms with Gasteiger partial charge in [0.1, 0.15) is 5.75 Å².